The van der Waals surface area contributed by atoms with E-state index in [1.165, 1.54) is 77.9 Å². The zero-order chi connectivity index (χ0) is 36.7. The van der Waals surface area contributed by atoms with Crippen LogP contribution < -0.4 is 0 Å². The van der Waals surface area contributed by atoms with E-state index in [0.29, 0.717) is 5.92 Å². The fourth-order valence-corrected chi connectivity index (χ4v) is 41.1. The monoisotopic (exact) mass is 797 g/mol. The number of rotatable bonds is 6. The van der Waals surface area contributed by atoms with Gasteiger partial charge in [0.15, 0.2) is 0 Å². The second kappa shape index (κ2) is 12.9. The Morgan fingerprint density at radius 1 is 0.660 bits per heavy atom. The minimum absolute atomic E-state index is 0.0705. The summed E-state index contributed by atoms with van der Waals surface area (Å²) < 4.78 is 0.145. The van der Waals surface area contributed by atoms with E-state index in [4.69, 9.17) is 17.0 Å². The Hall–Kier alpha value is -1.96. The molecule has 2 aliphatic rings. The quantitative estimate of drug-likeness (QED) is 0.170. The molecule has 0 fully saturated rings. The molecular formula is C46H57Cl2SiZr. The zero-order valence-corrected chi connectivity index (χ0v) is 37.8. The van der Waals surface area contributed by atoms with Crippen LogP contribution >= 0.6 is 17.0 Å². The fraction of sp³-hybridized carbons (Fsp3) is 0.391. The van der Waals surface area contributed by atoms with Gasteiger partial charge in [-0.05, 0) is 0 Å². The van der Waals surface area contributed by atoms with Crippen molar-refractivity contribution in [1.29, 1.82) is 0 Å². The van der Waals surface area contributed by atoms with Crippen molar-refractivity contribution >= 4 is 35.1 Å². The van der Waals surface area contributed by atoms with Crippen molar-refractivity contribution in [3.63, 3.8) is 0 Å². The Labute approximate surface area is 312 Å². The van der Waals surface area contributed by atoms with E-state index in [-0.39, 0.29) is 18.1 Å². The third-order valence-electron chi connectivity index (χ3n) is 12.1. The molecule has 2 aliphatic carbocycles. The molecule has 0 spiro atoms. The van der Waals surface area contributed by atoms with Gasteiger partial charge in [0, 0.05) is 0 Å². The summed E-state index contributed by atoms with van der Waals surface area (Å²) in [6, 6.07) is 27.8. The van der Waals surface area contributed by atoms with E-state index in [2.05, 4.69) is 174 Å². The number of benzene rings is 4. The maximum atomic E-state index is 8.72. The van der Waals surface area contributed by atoms with E-state index >= 15 is 0 Å². The molecule has 0 aliphatic heterocycles. The Kier molecular flexibility index (Phi) is 9.72. The summed E-state index contributed by atoms with van der Waals surface area (Å²) in [5, 5.41) is 0. The minimum atomic E-state index is -4.87. The second-order valence-electron chi connectivity index (χ2n) is 18.1. The number of allylic oxidation sites excluding steroid dienone is 2. The van der Waals surface area contributed by atoms with E-state index in [0.717, 1.165) is 0 Å². The van der Waals surface area contributed by atoms with Crippen LogP contribution in [-0.2, 0) is 26.4 Å². The molecule has 4 heteroatoms. The molecule has 0 saturated heterocycles. The molecule has 0 saturated carbocycles. The molecule has 0 N–H and O–H groups in total. The average molecular weight is 800 g/mol. The molecule has 0 nitrogen and oxygen atoms in total. The normalized spacial score (nSPS) is 18.5. The Balaban J connectivity index is 1.56. The second-order valence-corrected chi connectivity index (χ2v) is 60.6. The van der Waals surface area contributed by atoms with Crippen LogP contribution in [0.25, 0.3) is 34.4 Å². The van der Waals surface area contributed by atoms with Gasteiger partial charge >= 0.3 is 315 Å². The van der Waals surface area contributed by atoms with Crippen molar-refractivity contribution in [2.45, 2.75) is 107 Å². The van der Waals surface area contributed by atoms with Crippen molar-refractivity contribution < 1.29 is 15.6 Å². The van der Waals surface area contributed by atoms with Gasteiger partial charge in [-0.15, -0.1) is 0 Å². The number of halogens is 2. The van der Waals surface area contributed by atoms with E-state index in [1.807, 2.05) is 0 Å². The number of hydrogen-bond acceptors (Lipinski definition) is 0. The van der Waals surface area contributed by atoms with Gasteiger partial charge in [-0.2, -0.15) is 0 Å². The van der Waals surface area contributed by atoms with Gasteiger partial charge in [0.2, 0.25) is 0 Å². The Morgan fingerprint density at radius 3 is 1.70 bits per heavy atom. The van der Waals surface area contributed by atoms with Crippen LogP contribution in [0.3, 0.4) is 0 Å². The summed E-state index contributed by atoms with van der Waals surface area (Å²) in [7, 11) is 17.4. The zero-order valence-electron chi connectivity index (χ0n) is 32.6. The van der Waals surface area contributed by atoms with E-state index in [9.17, 15) is 0 Å². The van der Waals surface area contributed by atoms with Crippen LogP contribution in [0.2, 0.25) is 13.1 Å². The molecule has 4 aromatic carbocycles. The third-order valence-corrected chi connectivity index (χ3v) is 64.1. The van der Waals surface area contributed by atoms with Crippen molar-refractivity contribution in [3.05, 3.63) is 128 Å². The molecule has 4 aromatic rings. The first-order chi connectivity index (χ1) is 23.2. The summed E-state index contributed by atoms with van der Waals surface area (Å²) in [5.41, 5.74) is 18.9. The number of hydrogen-bond donors (Lipinski definition) is 0. The van der Waals surface area contributed by atoms with Crippen molar-refractivity contribution in [2.24, 2.45) is 5.92 Å². The molecule has 50 heavy (non-hydrogen) atoms. The molecule has 0 radical (unpaired) electrons. The summed E-state index contributed by atoms with van der Waals surface area (Å²) in [6.45, 7) is 30.1. The molecule has 6 rings (SSSR count). The standard InChI is InChI=1S/2C22H25.C2H7Si.2ClH.Zr/c1-14-11-18-13-15(2)16(3)21(20(18)12-14)17-7-9-19(10-8-17)22(4,5)6;1-15(2)18-13-17-7-6-8-20(21(17)14-18)16-9-11-19(12-10-16)22(3,4)5;1-3-2;;;/h7-13H,1-6H3;6-15H,1-5H3;3H,1-2H3;2*1H;/q;;;;;+2/p-2. The van der Waals surface area contributed by atoms with Gasteiger partial charge in [0.05, 0.1) is 0 Å². The molecule has 0 aromatic heterocycles. The van der Waals surface area contributed by atoms with Gasteiger partial charge in [-0.1, -0.05) is 0 Å². The predicted molar refractivity (Wildman–Crippen MR) is 223 cm³/mol. The SMILES string of the molecule is CC1=Cc2c(cc(C)c(C)c2-c2ccc(C(C)(C)C)cc2)[CH]1[Zr]([Cl])([Cl])([CH]1C(C(C)C)=Cc2c(-c3ccc(C(C)(C)C)cc3)cccc21)[SiH](C)C. The molecule has 0 bridgehead atoms. The molecule has 2 unspecified atom stereocenters. The molecule has 2 atom stereocenters. The first-order valence-electron chi connectivity index (χ1n) is 18.6. The topological polar surface area (TPSA) is 0 Å². The van der Waals surface area contributed by atoms with E-state index < -0.39 is 21.5 Å². The van der Waals surface area contributed by atoms with Crippen LogP contribution in [0.4, 0.5) is 0 Å². The Morgan fingerprint density at radius 2 is 1.20 bits per heavy atom. The van der Waals surface area contributed by atoms with Gasteiger partial charge in [-0.3, -0.25) is 0 Å². The molecule has 0 amide bonds. The first kappa shape index (κ1) is 37.8. The summed E-state index contributed by atoms with van der Waals surface area (Å²) in [4.78, 5) is 0. The summed E-state index contributed by atoms with van der Waals surface area (Å²) >= 11 is -4.87. The van der Waals surface area contributed by atoms with Crippen molar-refractivity contribution in [3.8, 4) is 22.3 Å². The first-order valence-corrected chi connectivity index (χ1v) is 34.9. The maximum absolute atomic E-state index is 8.72. The van der Waals surface area contributed by atoms with Crippen LogP contribution in [0.15, 0.2) is 83.9 Å². The average Bonchev–Trinajstić information content (AvgIpc) is 3.60. The van der Waals surface area contributed by atoms with Crippen LogP contribution in [0.1, 0.15) is 114 Å². The third kappa shape index (κ3) is 6.07. The van der Waals surface area contributed by atoms with Crippen LogP contribution in [0.5, 0.6) is 0 Å². The van der Waals surface area contributed by atoms with Crippen LogP contribution in [0, 0.1) is 19.8 Å². The van der Waals surface area contributed by atoms with Crippen molar-refractivity contribution in [1.82, 2.24) is 0 Å². The van der Waals surface area contributed by atoms with E-state index in [1.54, 1.807) is 0 Å². The summed E-state index contributed by atoms with van der Waals surface area (Å²) in [5.74, 6) is -1.32. The summed E-state index contributed by atoms with van der Waals surface area (Å²) in [6.07, 6.45) is 4.94. The van der Waals surface area contributed by atoms with Gasteiger partial charge < -0.3 is 0 Å². The van der Waals surface area contributed by atoms with Crippen molar-refractivity contribution in [2.75, 3.05) is 0 Å². The van der Waals surface area contributed by atoms with Gasteiger partial charge in [-0.25, -0.2) is 0 Å². The van der Waals surface area contributed by atoms with Crippen LogP contribution in [-0.4, -0.2) is 5.92 Å². The van der Waals surface area contributed by atoms with Gasteiger partial charge in [0.25, 0.3) is 0 Å². The number of aryl methyl sites for hydroxylation is 1. The fourth-order valence-electron chi connectivity index (χ4n) is 8.93. The van der Waals surface area contributed by atoms with Gasteiger partial charge in [0.1, 0.15) is 0 Å². The Bertz CT molecular complexity index is 2030. The number of fused-ring (bicyclic) bond motifs is 2. The predicted octanol–water partition coefficient (Wildman–Crippen LogP) is 14.5. The molecule has 0 heterocycles. The molecule has 263 valence electrons. The molecular weight excluding hydrogens is 743 g/mol.